The van der Waals surface area contributed by atoms with E-state index in [4.69, 9.17) is 4.74 Å². The summed E-state index contributed by atoms with van der Waals surface area (Å²) in [5, 5.41) is 22.7. The number of aromatic hydroxyl groups is 1. The van der Waals surface area contributed by atoms with Gasteiger partial charge in [0.2, 0.25) is 5.95 Å². The van der Waals surface area contributed by atoms with Crippen LogP contribution in [0.2, 0.25) is 0 Å². The molecule has 0 radical (unpaired) electrons. The van der Waals surface area contributed by atoms with Gasteiger partial charge in [0.05, 0.1) is 17.7 Å². The molecule has 0 aliphatic heterocycles. The standard InChI is InChI=1S/C11H10N4O5/c1-20-7-5-3-2-4-6(7)12-11-13-9(16)8(15(18)19)10(17)14-11/h2-5H,1H3,(H3,12,13,14,16,17). The number of H-pyrrole nitrogens is 1. The topological polar surface area (TPSA) is 130 Å². The van der Waals surface area contributed by atoms with E-state index in [1.54, 1.807) is 24.3 Å². The Hall–Kier alpha value is -3.10. The van der Waals surface area contributed by atoms with Crippen LogP contribution in [-0.2, 0) is 0 Å². The molecule has 3 N–H and O–H groups in total. The van der Waals surface area contributed by atoms with Crippen molar-refractivity contribution in [2.45, 2.75) is 0 Å². The molecular formula is C11H10N4O5. The van der Waals surface area contributed by atoms with E-state index in [1.165, 1.54) is 7.11 Å². The van der Waals surface area contributed by atoms with Crippen molar-refractivity contribution < 1.29 is 14.8 Å². The van der Waals surface area contributed by atoms with Crippen LogP contribution in [0.1, 0.15) is 0 Å². The summed E-state index contributed by atoms with van der Waals surface area (Å²) in [4.78, 5) is 26.7. The van der Waals surface area contributed by atoms with Crippen LogP contribution in [0.15, 0.2) is 29.1 Å². The van der Waals surface area contributed by atoms with E-state index in [1.807, 2.05) is 0 Å². The number of rotatable bonds is 4. The summed E-state index contributed by atoms with van der Waals surface area (Å²) in [6.07, 6.45) is 0. The zero-order chi connectivity index (χ0) is 14.7. The molecular weight excluding hydrogens is 268 g/mol. The molecule has 0 aliphatic carbocycles. The van der Waals surface area contributed by atoms with Gasteiger partial charge in [-0.1, -0.05) is 12.1 Å². The van der Waals surface area contributed by atoms with E-state index in [-0.39, 0.29) is 5.95 Å². The second kappa shape index (κ2) is 5.26. The molecule has 0 amide bonds. The third kappa shape index (κ3) is 2.51. The molecule has 9 nitrogen and oxygen atoms in total. The van der Waals surface area contributed by atoms with Crippen molar-refractivity contribution in [3.05, 3.63) is 44.7 Å². The van der Waals surface area contributed by atoms with Crippen molar-refractivity contribution in [3.8, 4) is 11.6 Å². The third-order valence-electron chi connectivity index (χ3n) is 2.42. The van der Waals surface area contributed by atoms with Gasteiger partial charge in [0.1, 0.15) is 5.75 Å². The number of anilines is 2. The van der Waals surface area contributed by atoms with Crippen LogP contribution in [0.4, 0.5) is 17.3 Å². The number of ether oxygens (including phenoxy) is 1. The van der Waals surface area contributed by atoms with Gasteiger partial charge < -0.3 is 15.2 Å². The van der Waals surface area contributed by atoms with Gasteiger partial charge in [0.15, 0.2) is 0 Å². The van der Waals surface area contributed by atoms with Gasteiger partial charge in [-0.3, -0.25) is 19.9 Å². The molecule has 2 aromatic rings. The molecule has 0 spiro atoms. The molecule has 104 valence electrons. The average molecular weight is 278 g/mol. The van der Waals surface area contributed by atoms with Gasteiger partial charge in [-0.05, 0) is 12.1 Å². The van der Waals surface area contributed by atoms with Gasteiger partial charge in [0, 0.05) is 0 Å². The number of para-hydroxylation sites is 2. The number of nitrogens with one attached hydrogen (secondary N) is 2. The number of benzene rings is 1. The number of aromatic nitrogens is 2. The molecule has 0 saturated carbocycles. The first-order valence-corrected chi connectivity index (χ1v) is 5.40. The second-order valence-electron chi connectivity index (χ2n) is 3.67. The van der Waals surface area contributed by atoms with Crippen molar-refractivity contribution >= 4 is 17.3 Å². The first-order valence-electron chi connectivity index (χ1n) is 5.40. The minimum atomic E-state index is -1.06. The average Bonchev–Trinajstić information content (AvgIpc) is 2.38. The van der Waals surface area contributed by atoms with Crippen LogP contribution in [0.25, 0.3) is 0 Å². The number of hydrogen-bond donors (Lipinski definition) is 3. The summed E-state index contributed by atoms with van der Waals surface area (Å²) >= 11 is 0. The van der Waals surface area contributed by atoms with Crippen molar-refractivity contribution in [3.63, 3.8) is 0 Å². The van der Waals surface area contributed by atoms with Gasteiger partial charge in [-0.15, -0.1) is 0 Å². The largest absolute Gasteiger partial charge is 0.495 e. The highest BCUT2D eigenvalue weighted by Crippen LogP contribution is 2.26. The second-order valence-corrected chi connectivity index (χ2v) is 3.67. The molecule has 9 heteroatoms. The monoisotopic (exact) mass is 278 g/mol. The van der Waals surface area contributed by atoms with Gasteiger partial charge in [-0.25, -0.2) is 0 Å². The Morgan fingerprint density at radius 1 is 1.45 bits per heavy atom. The summed E-state index contributed by atoms with van der Waals surface area (Å²) in [6, 6.07) is 6.78. The summed E-state index contributed by atoms with van der Waals surface area (Å²) in [5.74, 6) is -0.619. The molecule has 1 aromatic heterocycles. The molecule has 0 aliphatic rings. The first kappa shape index (κ1) is 13.3. The van der Waals surface area contributed by atoms with E-state index in [9.17, 15) is 20.0 Å². The predicted octanol–water partition coefficient (Wildman–Crippen LogP) is 1.14. The lowest BCUT2D eigenvalue weighted by atomic mass is 10.3. The number of nitro groups is 1. The SMILES string of the molecule is COc1ccccc1Nc1nc(O)c([N+](=O)[O-])c(=O)[nH]1. The van der Waals surface area contributed by atoms with E-state index in [0.717, 1.165) is 0 Å². The van der Waals surface area contributed by atoms with Crippen molar-refractivity contribution in [1.29, 1.82) is 0 Å². The van der Waals surface area contributed by atoms with Gasteiger partial charge in [0.25, 0.3) is 0 Å². The normalized spacial score (nSPS) is 10.1. The zero-order valence-corrected chi connectivity index (χ0v) is 10.3. The minimum Gasteiger partial charge on any atom is -0.495 e. The fourth-order valence-corrected chi connectivity index (χ4v) is 1.55. The molecule has 0 saturated heterocycles. The Kier molecular flexibility index (Phi) is 3.51. The Morgan fingerprint density at radius 2 is 2.15 bits per heavy atom. The van der Waals surface area contributed by atoms with Crippen LogP contribution >= 0.6 is 0 Å². The molecule has 2 rings (SSSR count). The van der Waals surface area contributed by atoms with Crippen LogP contribution in [0, 0.1) is 10.1 Å². The summed E-state index contributed by atoms with van der Waals surface area (Å²) in [5.41, 5.74) is -1.58. The highest BCUT2D eigenvalue weighted by molar-refractivity contribution is 5.62. The summed E-state index contributed by atoms with van der Waals surface area (Å²) in [7, 11) is 1.46. The zero-order valence-electron chi connectivity index (χ0n) is 10.3. The van der Waals surface area contributed by atoms with E-state index >= 15 is 0 Å². The lowest BCUT2D eigenvalue weighted by Gasteiger charge is -2.09. The van der Waals surface area contributed by atoms with Crippen LogP contribution < -0.4 is 15.6 Å². The van der Waals surface area contributed by atoms with E-state index in [2.05, 4.69) is 15.3 Å². The number of methoxy groups -OCH3 is 1. The number of hydrogen-bond acceptors (Lipinski definition) is 7. The Balaban J connectivity index is 2.41. The molecule has 0 unspecified atom stereocenters. The quantitative estimate of drug-likeness (QED) is 0.564. The Bertz CT molecular complexity index is 712. The van der Waals surface area contributed by atoms with Gasteiger partial charge in [-0.2, -0.15) is 4.98 Å². The third-order valence-corrected chi connectivity index (χ3v) is 2.42. The number of nitrogens with zero attached hydrogens (tertiary/aromatic N) is 2. The summed E-state index contributed by atoms with van der Waals surface area (Å²) in [6.45, 7) is 0. The number of aromatic amines is 1. The fraction of sp³-hybridized carbons (Fsp3) is 0.0909. The minimum absolute atomic E-state index is 0.136. The van der Waals surface area contributed by atoms with Crippen molar-refractivity contribution in [2.24, 2.45) is 0 Å². The molecule has 1 heterocycles. The Labute approximate surface area is 112 Å². The highest BCUT2D eigenvalue weighted by Gasteiger charge is 2.22. The van der Waals surface area contributed by atoms with Crippen LogP contribution in [0.3, 0.4) is 0 Å². The summed E-state index contributed by atoms with van der Waals surface area (Å²) < 4.78 is 5.09. The lowest BCUT2D eigenvalue weighted by molar-refractivity contribution is -0.387. The highest BCUT2D eigenvalue weighted by atomic mass is 16.6. The maximum absolute atomic E-state index is 11.5. The predicted molar refractivity (Wildman–Crippen MR) is 69.5 cm³/mol. The van der Waals surface area contributed by atoms with E-state index in [0.29, 0.717) is 11.4 Å². The van der Waals surface area contributed by atoms with E-state index < -0.39 is 22.0 Å². The van der Waals surface area contributed by atoms with Gasteiger partial charge >= 0.3 is 17.1 Å². The molecule has 1 aromatic carbocycles. The lowest BCUT2D eigenvalue weighted by Crippen LogP contribution is -2.15. The van der Waals surface area contributed by atoms with Crippen LogP contribution in [0.5, 0.6) is 11.6 Å². The molecule has 0 bridgehead atoms. The molecule has 0 fully saturated rings. The fourth-order valence-electron chi connectivity index (χ4n) is 1.55. The Morgan fingerprint density at radius 3 is 2.75 bits per heavy atom. The van der Waals surface area contributed by atoms with Crippen LogP contribution in [-0.4, -0.2) is 27.1 Å². The maximum atomic E-state index is 11.5. The smallest absolute Gasteiger partial charge is 0.395 e. The van der Waals surface area contributed by atoms with Crippen molar-refractivity contribution in [1.82, 2.24) is 9.97 Å². The van der Waals surface area contributed by atoms with Crippen molar-refractivity contribution in [2.75, 3.05) is 12.4 Å². The maximum Gasteiger partial charge on any atom is 0.395 e. The first-order chi connectivity index (χ1) is 9.52. The molecule has 0 atom stereocenters. The molecule has 20 heavy (non-hydrogen) atoms.